The molecule has 0 fully saturated rings. The molecule has 4 rings (SSSR count). The number of alkyl halides is 2. The maximum Gasteiger partial charge on any atom is 0.204 e. The molecule has 0 heterocycles. The van der Waals surface area contributed by atoms with Crippen LogP contribution in [0.4, 0.5) is 26.3 Å². The Bertz CT molecular complexity index is 1740. The molecule has 0 saturated heterocycles. The van der Waals surface area contributed by atoms with Crippen LogP contribution < -0.4 is 28.4 Å². The van der Waals surface area contributed by atoms with E-state index in [0.29, 0.717) is 11.1 Å². The van der Waals surface area contributed by atoms with Crippen LogP contribution >= 0.6 is 31.9 Å². The van der Waals surface area contributed by atoms with Gasteiger partial charge in [0.15, 0.2) is 57.9 Å². The molecule has 4 aromatic rings. The van der Waals surface area contributed by atoms with E-state index in [2.05, 4.69) is 31.9 Å². The molecule has 14 heteroatoms. The van der Waals surface area contributed by atoms with Crippen LogP contribution in [0.25, 0.3) is 33.4 Å². The molecule has 0 spiro atoms. The zero-order valence-electron chi connectivity index (χ0n) is 31.4. The van der Waals surface area contributed by atoms with Gasteiger partial charge in [0.05, 0.1) is 39.6 Å². The number of hydrogen-bond acceptors (Lipinski definition) is 6. The summed E-state index contributed by atoms with van der Waals surface area (Å²) in [7, 11) is 0. The second-order valence-corrected chi connectivity index (χ2v) is 11.9. The molecular formula is C40H44Br2F6O6. The minimum absolute atomic E-state index is 0.00948. The van der Waals surface area contributed by atoms with Crippen molar-refractivity contribution < 1.29 is 54.8 Å². The van der Waals surface area contributed by atoms with Gasteiger partial charge < -0.3 is 28.4 Å². The second kappa shape index (κ2) is 20.8. The van der Waals surface area contributed by atoms with Gasteiger partial charge in [-0.2, -0.15) is 0 Å². The van der Waals surface area contributed by atoms with E-state index in [1.165, 1.54) is 0 Å². The first-order valence-electron chi connectivity index (χ1n) is 17.6. The third kappa shape index (κ3) is 8.85. The highest BCUT2D eigenvalue weighted by Crippen LogP contribution is 2.61. The highest BCUT2D eigenvalue weighted by molar-refractivity contribution is 9.08. The zero-order valence-corrected chi connectivity index (χ0v) is 34.6. The van der Waals surface area contributed by atoms with Gasteiger partial charge in [-0.3, -0.25) is 0 Å². The van der Waals surface area contributed by atoms with Gasteiger partial charge in [0.1, 0.15) is 0 Å². The molecule has 54 heavy (non-hydrogen) atoms. The average molecular weight is 895 g/mol. The lowest BCUT2D eigenvalue weighted by atomic mass is 9.84. The molecule has 296 valence electrons. The molecule has 0 unspecified atom stereocenters. The Morgan fingerprint density at radius 1 is 0.389 bits per heavy atom. The van der Waals surface area contributed by atoms with E-state index in [0.717, 1.165) is 24.3 Å². The molecule has 0 radical (unpaired) electrons. The van der Waals surface area contributed by atoms with Crippen molar-refractivity contribution in [3.8, 4) is 67.9 Å². The smallest absolute Gasteiger partial charge is 0.204 e. The maximum absolute atomic E-state index is 15.0. The lowest BCUT2D eigenvalue weighted by Crippen LogP contribution is -2.12. The number of halogens is 8. The fraction of sp³-hybridized carbons (Fsp3) is 0.400. The zero-order chi connectivity index (χ0) is 40.3. The van der Waals surface area contributed by atoms with Gasteiger partial charge in [0, 0.05) is 32.9 Å². The second-order valence-electron chi connectivity index (χ2n) is 10.8. The first-order valence-corrected chi connectivity index (χ1v) is 19.9. The summed E-state index contributed by atoms with van der Waals surface area (Å²) in [5.41, 5.74) is 1.28. The molecule has 6 nitrogen and oxygen atoms in total. The molecule has 0 bridgehead atoms. The van der Waals surface area contributed by atoms with Crippen molar-refractivity contribution in [2.45, 2.75) is 66.1 Å². The minimum Gasteiger partial charge on any atom is -0.489 e. The van der Waals surface area contributed by atoms with Crippen LogP contribution in [0, 0.1) is 34.9 Å². The summed E-state index contributed by atoms with van der Waals surface area (Å²) >= 11 is 7.13. The van der Waals surface area contributed by atoms with Gasteiger partial charge in [-0.1, -0.05) is 45.7 Å². The van der Waals surface area contributed by atoms with Gasteiger partial charge in [-0.05, 0) is 88.1 Å². The summed E-state index contributed by atoms with van der Waals surface area (Å²) in [5, 5.41) is -0.0190. The third-order valence-corrected chi connectivity index (χ3v) is 8.86. The van der Waals surface area contributed by atoms with E-state index in [-0.39, 0.29) is 118 Å². The summed E-state index contributed by atoms with van der Waals surface area (Å²) in [6.07, 6.45) is 0. The Morgan fingerprint density at radius 3 is 0.833 bits per heavy atom. The van der Waals surface area contributed by atoms with Crippen molar-refractivity contribution in [3.05, 3.63) is 70.3 Å². The molecule has 0 N–H and O–H groups in total. The van der Waals surface area contributed by atoms with Crippen molar-refractivity contribution in [1.29, 1.82) is 0 Å². The van der Waals surface area contributed by atoms with E-state index in [9.17, 15) is 26.3 Å². The molecule has 0 aliphatic heterocycles. The molecule has 0 atom stereocenters. The van der Waals surface area contributed by atoms with Crippen molar-refractivity contribution in [2.75, 3.05) is 39.6 Å². The number of benzene rings is 4. The third-order valence-electron chi connectivity index (χ3n) is 7.73. The molecule has 0 aromatic heterocycles. The average Bonchev–Trinajstić information content (AvgIpc) is 3.15. The molecule has 0 saturated carbocycles. The fourth-order valence-electron chi connectivity index (χ4n) is 5.94. The quantitative estimate of drug-likeness (QED) is 0.0598. The summed E-state index contributed by atoms with van der Waals surface area (Å²) < 4.78 is 126. The Hall–Kier alpha value is -3.78. The van der Waals surface area contributed by atoms with Crippen molar-refractivity contribution in [1.82, 2.24) is 0 Å². The van der Waals surface area contributed by atoms with Crippen molar-refractivity contribution in [3.63, 3.8) is 0 Å². The van der Waals surface area contributed by atoms with Gasteiger partial charge in [0.25, 0.3) is 0 Å². The van der Waals surface area contributed by atoms with Crippen molar-refractivity contribution in [2.24, 2.45) is 0 Å². The predicted octanol–water partition coefficient (Wildman–Crippen LogP) is 12.7. The lowest BCUT2D eigenvalue weighted by Gasteiger charge is -2.30. The highest BCUT2D eigenvalue weighted by atomic mass is 79.9. The molecule has 0 aliphatic rings. The Morgan fingerprint density at radius 2 is 0.611 bits per heavy atom. The number of rotatable bonds is 17. The Balaban J connectivity index is 0.00000385. The minimum atomic E-state index is -1.66. The van der Waals surface area contributed by atoms with Crippen LogP contribution in [0.3, 0.4) is 0 Å². The molecular weight excluding hydrogens is 850 g/mol. The van der Waals surface area contributed by atoms with E-state index < -0.39 is 34.9 Å². The van der Waals surface area contributed by atoms with Gasteiger partial charge in [-0.15, -0.1) is 0 Å². The summed E-state index contributed by atoms with van der Waals surface area (Å²) in [4.78, 5) is 0. The van der Waals surface area contributed by atoms with E-state index in [1.54, 1.807) is 41.5 Å². The SMILES string of the molecule is CC.CCOc1c(OCC)c(-c2cc(F)c(F)c(F)c2)c(CBr)c(-c2c(CBr)c(-c3cc(F)c(F)c(F)c3)c(OCC)c(OCC)c2OCC)c1OCC. The molecule has 4 aromatic carbocycles. The van der Waals surface area contributed by atoms with Crippen LogP contribution in [0.15, 0.2) is 24.3 Å². The highest BCUT2D eigenvalue weighted by Gasteiger charge is 2.36. The molecule has 0 amide bonds. The number of hydrogen-bond donors (Lipinski definition) is 0. The Kier molecular flexibility index (Phi) is 17.2. The van der Waals surface area contributed by atoms with Gasteiger partial charge in [-0.25, -0.2) is 26.3 Å². The van der Waals surface area contributed by atoms with Crippen LogP contribution in [0.1, 0.15) is 66.5 Å². The lowest BCUT2D eigenvalue weighted by molar-refractivity contribution is 0.259. The first-order chi connectivity index (χ1) is 26.0. The predicted molar refractivity (Wildman–Crippen MR) is 206 cm³/mol. The standard InChI is InChI=1S/C38H38Br2F6O6.C2H6/c1-7-47-33-27(19-13-23(41)31(45)24(42)14-19)21(17-39)29(35(49-9-3)37(33)51-11-5)30-22(18-40)28(20-15-25(43)32(46)26(44)16-20)34(48-8-2)38(52-12-6)36(30)50-10-4;1-2/h13-16H,7-12,17-18H2,1-6H3;1-2H3. The maximum atomic E-state index is 15.0. The molecule has 0 aliphatic carbocycles. The van der Waals surface area contributed by atoms with Crippen LogP contribution in [-0.2, 0) is 10.7 Å². The number of ether oxygens (including phenoxy) is 6. The van der Waals surface area contributed by atoms with E-state index >= 15 is 0 Å². The van der Waals surface area contributed by atoms with Crippen LogP contribution in [0.5, 0.6) is 34.5 Å². The van der Waals surface area contributed by atoms with E-state index in [1.807, 2.05) is 13.8 Å². The normalized spacial score (nSPS) is 10.8. The monoisotopic (exact) mass is 892 g/mol. The first kappa shape index (κ1) is 44.6. The topological polar surface area (TPSA) is 55.4 Å². The fourth-order valence-corrected chi connectivity index (χ4v) is 7.07. The summed E-state index contributed by atoms with van der Waals surface area (Å²) in [5.74, 6) is -8.57. The Labute approximate surface area is 329 Å². The summed E-state index contributed by atoms with van der Waals surface area (Å²) in [6, 6.07) is 3.37. The van der Waals surface area contributed by atoms with Crippen molar-refractivity contribution >= 4 is 31.9 Å². The van der Waals surface area contributed by atoms with Gasteiger partial charge >= 0.3 is 0 Å². The van der Waals surface area contributed by atoms with Gasteiger partial charge in [0.2, 0.25) is 11.5 Å². The van der Waals surface area contributed by atoms with E-state index in [4.69, 9.17) is 28.4 Å². The largest absolute Gasteiger partial charge is 0.489 e. The van der Waals surface area contributed by atoms with Crippen LogP contribution in [-0.4, -0.2) is 39.6 Å². The summed E-state index contributed by atoms with van der Waals surface area (Å²) in [6.45, 7) is 14.9. The van der Waals surface area contributed by atoms with Crippen LogP contribution in [0.2, 0.25) is 0 Å².